The van der Waals surface area contributed by atoms with Crippen molar-refractivity contribution in [3.05, 3.63) is 35.9 Å². The quantitative estimate of drug-likeness (QED) is 0.829. The molecule has 0 N–H and O–H groups in total. The zero-order valence-corrected chi connectivity index (χ0v) is 13.0. The number of aromatic nitrogens is 3. The van der Waals surface area contributed by atoms with Gasteiger partial charge in [0.15, 0.2) is 15.7 Å². The van der Waals surface area contributed by atoms with Crippen LogP contribution in [-0.2, 0) is 29.4 Å². The van der Waals surface area contributed by atoms with E-state index in [0.29, 0.717) is 30.4 Å². The van der Waals surface area contributed by atoms with Crippen molar-refractivity contribution in [3.8, 4) is 11.5 Å². The van der Waals surface area contributed by atoms with Gasteiger partial charge in [0.25, 0.3) is 0 Å². The number of sulfone groups is 1. The van der Waals surface area contributed by atoms with Crippen LogP contribution in [0, 0.1) is 0 Å². The summed E-state index contributed by atoms with van der Waals surface area (Å²) in [7, 11) is -1.39. The molecular formula is C14H17N3O4S. The lowest BCUT2D eigenvalue weighted by molar-refractivity contribution is 0.288. The van der Waals surface area contributed by atoms with Gasteiger partial charge in [-0.15, -0.1) is 10.2 Å². The lowest BCUT2D eigenvalue weighted by Crippen LogP contribution is -2.14. The van der Waals surface area contributed by atoms with E-state index in [0.717, 1.165) is 5.75 Å². The minimum atomic E-state index is -2.99. The third-order valence-corrected chi connectivity index (χ3v) is 5.22. The van der Waals surface area contributed by atoms with E-state index in [2.05, 4.69) is 10.2 Å². The van der Waals surface area contributed by atoms with Crippen LogP contribution in [0.25, 0.3) is 0 Å². The largest absolute Gasteiger partial charge is 0.497 e. The van der Waals surface area contributed by atoms with Gasteiger partial charge in [0.1, 0.15) is 23.9 Å². The molecule has 118 valence electrons. The molecule has 0 radical (unpaired) electrons. The lowest BCUT2D eigenvalue weighted by Gasteiger charge is -2.09. The van der Waals surface area contributed by atoms with Gasteiger partial charge < -0.3 is 14.0 Å². The van der Waals surface area contributed by atoms with Gasteiger partial charge in [-0.25, -0.2) is 8.42 Å². The number of ether oxygens (including phenoxy) is 2. The van der Waals surface area contributed by atoms with Crippen LogP contribution < -0.4 is 9.47 Å². The second-order valence-electron chi connectivity index (χ2n) is 5.05. The number of rotatable bonds is 4. The zero-order chi connectivity index (χ0) is 15.6. The third-order valence-electron chi connectivity index (χ3n) is 3.59. The van der Waals surface area contributed by atoms with E-state index in [4.69, 9.17) is 9.47 Å². The van der Waals surface area contributed by atoms with E-state index in [1.54, 1.807) is 7.11 Å². The molecule has 8 heteroatoms. The van der Waals surface area contributed by atoms with E-state index in [9.17, 15) is 8.42 Å². The highest BCUT2D eigenvalue weighted by Gasteiger charge is 2.22. The number of nitrogens with zero attached hydrogens (tertiary/aromatic N) is 3. The van der Waals surface area contributed by atoms with Crippen molar-refractivity contribution < 1.29 is 17.9 Å². The van der Waals surface area contributed by atoms with Gasteiger partial charge in [0, 0.05) is 13.0 Å². The minimum absolute atomic E-state index is 0.119. The van der Waals surface area contributed by atoms with Crippen molar-refractivity contribution >= 4 is 9.84 Å². The number of aryl methyl sites for hydroxylation is 1. The van der Waals surface area contributed by atoms with Crippen LogP contribution in [0.5, 0.6) is 11.5 Å². The monoisotopic (exact) mass is 323 g/mol. The second-order valence-corrected chi connectivity index (χ2v) is 7.35. The second kappa shape index (κ2) is 5.96. The van der Waals surface area contributed by atoms with Crippen LogP contribution in [0.2, 0.25) is 0 Å². The summed E-state index contributed by atoms with van der Waals surface area (Å²) in [5.41, 5.74) is 0. The normalized spacial score (nSPS) is 16.6. The van der Waals surface area contributed by atoms with Crippen LogP contribution >= 0.6 is 0 Å². The number of hydrogen-bond donors (Lipinski definition) is 0. The maximum absolute atomic E-state index is 11.7. The molecule has 0 saturated heterocycles. The molecule has 7 nitrogen and oxygen atoms in total. The Morgan fingerprint density at radius 3 is 2.59 bits per heavy atom. The predicted octanol–water partition coefficient (Wildman–Crippen LogP) is 0.837. The Bertz CT molecular complexity index is 753. The SMILES string of the molecule is COc1ccc(OCc2nnc3n2CCS(=O)(=O)CC3)cc1. The number of benzene rings is 1. The Morgan fingerprint density at radius 1 is 1.14 bits per heavy atom. The Balaban J connectivity index is 1.70. The standard InChI is InChI=1S/C14H17N3O4S/c1-20-11-2-4-12(5-3-11)21-10-14-16-15-13-6-8-22(18,19)9-7-17(13)14/h2-5H,6-10H2,1H3. The van der Waals surface area contributed by atoms with Crippen molar-refractivity contribution in [2.45, 2.75) is 19.6 Å². The molecule has 0 amide bonds. The van der Waals surface area contributed by atoms with Gasteiger partial charge in [-0.1, -0.05) is 0 Å². The Kier molecular flexibility index (Phi) is 4.02. The van der Waals surface area contributed by atoms with Crippen LogP contribution in [-0.4, -0.2) is 41.8 Å². The van der Waals surface area contributed by atoms with E-state index in [1.807, 2.05) is 28.8 Å². The Morgan fingerprint density at radius 2 is 1.86 bits per heavy atom. The molecule has 1 aliphatic rings. The first-order valence-corrected chi connectivity index (χ1v) is 8.78. The molecule has 0 aliphatic carbocycles. The van der Waals surface area contributed by atoms with Crippen molar-refractivity contribution in [3.63, 3.8) is 0 Å². The molecule has 0 fully saturated rings. The number of methoxy groups -OCH3 is 1. The summed E-state index contributed by atoms with van der Waals surface area (Å²) in [5.74, 6) is 3.04. The summed E-state index contributed by atoms with van der Waals surface area (Å²) in [5, 5.41) is 8.17. The van der Waals surface area contributed by atoms with E-state index in [-0.39, 0.29) is 18.1 Å². The maximum Gasteiger partial charge on any atom is 0.171 e. The summed E-state index contributed by atoms with van der Waals surface area (Å²) >= 11 is 0. The number of hydrogen-bond acceptors (Lipinski definition) is 6. The highest BCUT2D eigenvalue weighted by Crippen LogP contribution is 2.18. The van der Waals surface area contributed by atoms with Gasteiger partial charge in [0.2, 0.25) is 0 Å². The molecule has 1 aromatic heterocycles. The van der Waals surface area contributed by atoms with E-state index < -0.39 is 9.84 Å². The van der Waals surface area contributed by atoms with Gasteiger partial charge in [-0.2, -0.15) is 0 Å². The zero-order valence-electron chi connectivity index (χ0n) is 12.2. The van der Waals surface area contributed by atoms with Crippen LogP contribution in [0.4, 0.5) is 0 Å². The fourth-order valence-corrected chi connectivity index (χ4v) is 3.48. The molecule has 0 spiro atoms. The summed E-state index contributed by atoms with van der Waals surface area (Å²) in [6.45, 7) is 0.630. The topological polar surface area (TPSA) is 83.3 Å². The first kappa shape index (κ1) is 14.8. The maximum atomic E-state index is 11.7. The highest BCUT2D eigenvalue weighted by atomic mass is 32.2. The molecule has 22 heavy (non-hydrogen) atoms. The highest BCUT2D eigenvalue weighted by molar-refractivity contribution is 7.91. The summed E-state index contributed by atoms with van der Waals surface area (Å²) in [6, 6.07) is 7.24. The van der Waals surface area contributed by atoms with Gasteiger partial charge in [-0.05, 0) is 24.3 Å². The van der Waals surface area contributed by atoms with Gasteiger partial charge in [-0.3, -0.25) is 0 Å². The Hall–Kier alpha value is -2.09. The van der Waals surface area contributed by atoms with Crippen LogP contribution in [0.1, 0.15) is 11.6 Å². The molecule has 1 aromatic carbocycles. The average Bonchev–Trinajstić information content (AvgIpc) is 2.84. The van der Waals surface area contributed by atoms with Crippen molar-refractivity contribution in [1.29, 1.82) is 0 Å². The molecule has 0 bridgehead atoms. The summed E-state index contributed by atoms with van der Waals surface area (Å²) in [4.78, 5) is 0. The first-order valence-electron chi connectivity index (χ1n) is 6.95. The minimum Gasteiger partial charge on any atom is -0.497 e. The molecule has 1 aliphatic heterocycles. The predicted molar refractivity (Wildman–Crippen MR) is 79.7 cm³/mol. The van der Waals surface area contributed by atoms with Crippen LogP contribution in [0.3, 0.4) is 0 Å². The van der Waals surface area contributed by atoms with E-state index >= 15 is 0 Å². The molecule has 2 heterocycles. The summed E-state index contributed by atoms with van der Waals surface area (Å²) in [6.07, 6.45) is 0.401. The smallest absolute Gasteiger partial charge is 0.171 e. The molecule has 3 rings (SSSR count). The third kappa shape index (κ3) is 3.22. The number of fused-ring (bicyclic) bond motifs is 1. The van der Waals surface area contributed by atoms with E-state index in [1.165, 1.54) is 0 Å². The molecule has 0 atom stereocenters. The van der Waals surface area contributed by atoms with Gasteiger partial charge in [0.05, 0.1) is 18.6 Å². The van der Waals surface area contributed by atoms with Crippen molar-refractivity contribution in [1.82, 2.24) is 14.8 Å². The fraction of sp³-hybridized carbons (Fsp3) is 0.429. The van der Waals surface area contributed by atoms with Crippen LogP contribution in [0.15, 0.2) is 24.3 Å². The lowest BCUT2D eigenvalue weighted by atomic mass is 10.3. The average molecular weight is 323 g/mol. The molecule has 0 saturated carbocycles. The molecular weight excluding hydrogens is 306 g/mol. The summed E-state index contributed by atoms with van der Waals surface area (Å²) < 4.78 is 36.0. The molecule has 0 unspecified atom stereocenters. The fourth-order valence-electron chi connectivity index (χ4n) is 2.32. The van der Waals surface area contributed by atoms with Crippen molar-refractivity contribution in [2.75, 3.05) is 18.6 Å². The van der Waals surface area contributed by atoms with Crippen molar-refractivity contribution in [2.24, 2.45) is 0 Å². The first-order chi connectivity index (χ1) is 10.6. The van der Waals surface area contributed by atoms with Gasteiger partial charge >= 0.3 is 0 Å². The molecule has 2 aromatic rings. The Labute approximate surface area is 128 Å².